The van der Waals surface area contributed by atoms with Crippen molar-refractivity contribution in [3.05, 3.63) is 0 Å². The van der Waals surface area contributed by atoms with Gasteiger partial charge >= 0.3 is 0 Å². The number of likely N-dealkylation sites (tertiary alicyclic amines) is 1. The fraction of sp³-hybridized carbons (Fsp3) is 1.00. The van der Waals surface area contributed by atoms with E-state index in [1.165, 1.54) is 32.4 Å². The summed E-state index contributed by atoms with van der Waals surface area (Å²) < 4.78 is 0. The van der Waals surface area contributed by atoms with Gasteiger partial charge in [-0.3, -0.25) is 0 Å². The van der Waals surface area contributed by atoms with Crippen LogP contribution in [0.15, 0.2) is 0 Å². The third-order valence-electron chi connectivity index (χ3n) is 2.84. The maximum atomic E-state index is 5.57. The van der Waals surface area contributed by atoms with E-state index in [9.17, 15) is 0 Å². The SMILES string of the molecule is CN1CCC(CCNCCCl)CC1. The molecule has 0 aliphatic carbocycles. The molecule has 0 radical (unpaired) electrons. The second-order valence-electron chi connectivity index (χ2n) is 3.97. The Kier molecular flexibility index (Phi) is 5.76. The molecule has 1 N–H and O–H groups in total. The van der Waals surface area contributed by atoms with E-state index in [0.717, 1.165) is 24.9 Å². The van der Waals surface area contributed by atoms with Gasteiger partial charge in [0.05, 0.1) is 0 Å². The van der Waals surface area contributed by atoms with E-state index >= 15 is 0 Å². The lowest BCUT2D eigenvalue weighted by Gasteiger charge is -2.28. The Labute approximate surface area is 86.6 Å². The minimum atomic E-state index is 0.730. The van der Waals surface area contributed by atoms with E-state index < -0.39 is 0 Å². The second-order valence-corrected chi connectivity index (χ2v) is 4.35. The summed E-state index contributed by atoms with van der Waals surface area (Å²) in [6.45, 7) is 4.65. The molecule has 0 bridgehead atoms. The molecule has 0 saturated carbocycles. The van der Waals surface area contributed by atoms with Crippen LogP contribution in [0.2, 0.25) is 0 Å². The predicted octanol–water partition coefficient (Wildman–Crippen LogP) is 1.55. The summed E-state index contributed by atoms with van der Waals surface area (Å²) in [5, 5.41) is 3.35. The fourth-order valence-corrected chi connectivity index (χ4v) is 1.98. The molecule has 2 nitrogen and oxygen atoms in total. The monoisotopic (exact) mass is 204 g/mol. The van der Waals surface area contributed by atoms with Gasteiger partial charge in [-0.15, -0.1) is 11.6 Å². The smallest absolute Gasteiger partial charge is 0.0348 e. The third kappa shape index (κ3) is 4.84. The Hall–Kier alpha value is 0.210. The summed E-state index contributed by atoms with van der Waals surface area (Å²) in [7, 11) is 2.21. The van der Waals surface area contributed by atoms with E-state index in [1.54, 1.807) is 0 Å². The first kappa shape index (κ1) is 11.3. The van der Waals surface area contributed by atoms with Crippen molar-refractivity contribution in [2.24, 2.45) is 5.92 Å². The van der Waals surface area contributed by atoms with Crippen LogP contribution in [0.5, 0.6) is 0 Å². The number of hydrogen-bond donors (Lipinski definition) is 1. The predicted molar refractivity (Wildman–Crippen MR) is 58.4 cm³/mol. The van der Waals surface area contributed by atoms with Gasteiger partial charge in [0.25, 0.3) is 0 Å². The molecule has 0 aromatic rings. The van der Waals surface area contributed by atoms with Crippen molar-refractivity contribution in [3.8, 4) is 0 Å². The summed E-state index contributed by atoms with van der Waals surface area (Å²) in [4.78, 5) is 2.42. The van der Waals surface area contributed by atoms with Gasteiger partial charge in [-0.2, -0.15) is 0 Å². The molecule has 0 spiro atoms. The van der Waals surface area contributed by atoms with Crippen molar-refractivity contribution in [2.45, 2.75) is 19.3 Å². The molecule has 0 aromatic heterocycles. The Morgan fingerprint density at radius 1 is 1.31 bits per heavy atom. The van der Waals surface area contributed by atoms with Gasteiger partial charge in [-0.25, -0.2) is 0 Å². The van der Waals surface area contributed by atoms with Crippen LogP contribution in [-0.4, -0.2) is 44.0 Å². The van der Waals surface area contributed by atoms with Crippen molar-refractivity contribution >= 4 is 11.6 Å². The van der Waals surface area contributed by atoms with Gasteiger partial charge < -0.3 is 10.2 Å². The summed E-state index contributed by atoms with van der Waals surface area (Å²) in [5.41, 5.74) is 0. The fourth-order valence-electron chi connectivity index (χ4n) is 1.85. The van der Waals surface area contributed by atoms with Crippen LogP contribution in [0.1, 0.15) is 19.3 Å². The highest BCUT2D eigenvalue weighted by Crippen LogP contribution is 2.18. The van der Waals surface area contributed by atoms with Crippen molar-refractivity contribution in [2.75, 3.05) is 39.1 Å². The molecule has 0 aromatic carbocycles. The van der Waals surface area contributed by atoms with E-state index in [-0.39, 0.29) is 0 Å². The van der Waals surface area contributed by atoms with Crippen LogP contribution in [-0.2, 0) is 0 Å². The number of rotatable bonds is 5. The molecule has 1 aliphatic heterocycles. The molecule has 1 aliphatic rings. The van der Waals surface area contributed by atoms with E-state index in [0.29, 0.717) is 0 Å². The Balaban J connectivity index is 1.96. The van der Waals surface area contributed by atoms with Gasteiger partial charge in [0.2, 0.25) is 0 Å². The lowest BCUT2D eigenvalue weighted by molar-refractivity contribution is 0.212. The first-order valence-corrected chi connectivity index (χ1v) is 5.81. The lowest BCUT2D eigenvalue weighted by atomic mass is 9.94. The minimum absolute atomic E-state index is 0.730. The van der Waals surface area contributed by atoms with Crippen LogP contribution in [0, 0.1) is 5.92 Å². The zero-order chi connectivity index (χ0) is 9.52. The first-order valence-electron chi connectivity index (χ1n) is 5.28. The Morgan fingerprint density at radius 2 is 2.00 bits per heavy atom. The standard InChI is InChI=1S/C10H21ClN2/c1-13-8-3-10(4-9-13)2-6-12-7-5-11/h10,12H,2-9H2,1H3. The topological polar surface area (TPSA) is 15.3 Å². The highest BCUT2D eigenvalue weighted by Gasteiger charge is 2.15. The molecule has 1 fully saturated rings. The van der Waals surface area contributed by atoms with Crippen LogP contribution < -0.4 is 5.32 Å². The maximum absolute atomic E-state index is 5.57. The number of halogens is 1. The number of nitrogens with zero attached hydrogens (tertiary/aromatic N) is 1. The normalized spacial score (nSPS) is 20.8. The molecule has 3 heteroatoms. The van der Waals surface area contributed by atoms with Gasteiger partial charge in [0.1, 0.15) is 0 Å². The maximum Gasteiger partial charge on any atom is 0.0348 e. The summed E-state index contributed by atoms with van der Waals surface area (Å²) in [6.07, 6.45) is 4.07. The molecule has 1 saturated heterocycles. The van der Waals surface area contributed by atoms with E-state index in [2.05, 4.69) is 17.3 Å². The Bertz CT molecular complexity index is 122. The number of hydrogen-bond acceptors (Lipinski definition) is 2. The molecular weight excluding hydrogens is 184 g/mol. The van der Waals surface area contributed by atoms with Crippen LogP contribution in [0.25, 0.3) is 0 Å². The van der Waals surface area contributed by atoms with Crippen LogP contribution in [0.4, 0.5) is 0 Å². The van der Waals surface area contributed by atoms with Crippen molar-refractivity contribution < 1.29 is 0 Å². The van der Waals surface area contributed by atoms with Crippen molar-refractivity contribution in [1.82, 2.24) is 10.2 Å². The summed E-state index contributed by atoms with van der Waals surface area (Å²) >= 11 is 5.57. The lowest BCUT2D eigenvalue weighted by Crippen LogP contribution is -2.31. The van der Waals surface area contributed by atoms with Gasteiger partial charge in [0.15, 0.2) is 0 Å². The first-order chi connectivity index (χ1) is 6.33. The quantitative estimate of drug-likeness (QED) is 0.540. The number of nitrogens with one attached hydrogen (secondary N) is 1. The highest BCUT2D eigenvalue weighted by molar-refractivity contribution is 6.18. The van der Waals surface area contributed by atoms with Gasteiger partial charge in [0, 0.05) is 12.4 Å². The van der Waals surface area contributed by atoms with Crippen molar-refractivity contribution in [3.63, 3.8) is 0 Å². The molecule has 13 heavy (non-hydrogen) atoms. The molecule has 0 unspecified atom stereocenters. The van der Waals surface area contributed by atoms with Gasteiger partial charge in [-0.05, 0) is 51.9 Å². The third-order valence-corrected chi connectivity index (χ3v) is 3.03. The van der Waals surface area contributed by atoms with Crippen molar-refractivity contribution in [1.29, 1.82) is 0 Å². The van der Waals surface area contributed by atoms with Crippen LogP contribution in [0.3, 0.4) is 0 Å². The number of alkyl halides is 1. The molecular formula is C10H21ClN2. The average Bonchev–Trinajstić information content (AvgIpc) is 2.15. The van der Waals surface area contributed by atoms with Crippen LogP contribution >= 0.6 is 11.6 Å². The van der Waals surface area contributed by atoms with Gasteiger partial charge in [-0.1, -0.05) is 0 Å². The summed E-state index contributed by atoms with van der Waals surface area (Å²) in [6, 6.07) is 0. The molecule has 0 atom stereocenters. The zero-order valence-electron chi connectivity index (χ0n) is 8.56. The summed E-state index contributed by atoms with van der Waals surface area (Å²) in [5.74, 6) is 1.67. The molecule has 78 valence electrons. The molecule has 0 amide bonds. The molecule has 1 heterocycles. The minimum Gasteiger partial charge on any atom is -0.316 e. The largest absolute Gasteiger partial charge is 0.316 e. The zero-order valence-corrected chi connectivity index (χ0v) is 9.32. The second kappa shape index (κ2) is 6.63. The van der Waals surface area contributed by atoms with E-state index in [1.807, 2.05) is 0 Å². The average molecular weight is 205 g/mol. The Morgan fingerprint density at radius 3 is 2.62 bits per heavy atom. The highest BCUT2D eigenvalue weighted by atomic mass is 35.5. The molecule has 1 rings (SSSR count). The number of piperidine rings is 1. The van der Waals surface area contributed by atoms with E-state index in [4.69, 9.17) is 11.6 Å².